The molecule has 0 aromatic heterocycles. The largest absolute Gasteiger partial charge is 0.338 e. The van der Waals surface area contributed by atoms with Crippen LogP contribution in [0.3, 0.4) is 0 Å². The van der Waals surface area contributed by atoms with Crippen molar-refractivity contribution in [1.82, 2.24) is 9.80 Å². The van der Waals surface area contributed by atoms with Gasteiger partial charge >= 0.3 is 0 Å². The summed E-state index contributed by atoms with van der Waals surface area (Å²) in [5.74, 6) is -0.866. The molecule has 0 N–H and O–H groups in total. The van der Waals surface area contributed by atoms with Crippen molar-refractivity contribution in [3.8, 4) is 0 Å². The van der Waals surface area contributed by atoms with Crippen LogP contribution in [0.2, 0.25) is 0 Å². The van der Waals surface area contributed by atoms with Crippen LogP contribution in [-0.4, -0.2) is 48.9 Å². The zero-order valence-electron chi connectivity index (χ0n) is 16.7. The van der Waals surface area contributed by atoms with E-state index in [-0.39, 0.29) is 18.2 Å². The van der Waals surface area contributed by atoms with Crippen molar-refractivity contribution in [3.05, 3.63) is 95.4 Å². The summed E-state index contributed by atoms with van der Waals surface area (Å²) in [7, 11) is -1.65. The molecule has 7 heteroatoms. The van der Waals surface area contributed by atoms with Crippen molar-refractivity contribution in [1.29, 1.82) is 0 Å². The molecule has 0 aliphatic carbocycles. The van der Waals surface area contributed by atoms with Crippen LogP contribution in [0.5, 0.6) is 0 Å². The number of hydrogen-bond donors (Lipinski definition) is 0. The molecule has 1 aliphatic heterocycles. The van der Waals surface area contributed by atoms with E-state index in [0.29, 0.717) is 6.54 Å². The van der Waals surface area contributed by atoms with E-state index in [1.165, 1.54) is 28.0 Å². The zero-order valence-corrected chi connectivity index (χ0v) is 17.5. The van der Waals surface area contributed by atoms with Gasteiger partial charge in [-0.25, -0.2) is 8.42 Å². The third-order valence-electron chi connectivity index (χ3n) is 4.80. The standard InChI is InChI=1S/C23H24N2O4S/c1-24(16-19-8-4-2-5-9-19)22(26)12-13-23(27)25(17-20-10-6-3-7-11-20)21-14-15-30(28,29)18-21/h2-15,21H,16-18H2,1H3/b13-12+. The lowest BCUT2D eigenvalue weighted by Gasteiger charge is -2.26. The van der Waals surface area contributed by atoms with Crippen LogP contribution in [0, 0.1) is 0 Å². The molecule has 30 heavy (non-hydrogen) atoms. The van der Waals surface area contributed by atoms with Gasteiger partial charge < -0.3 is 9.80 Å². The van der Waals surface area contributed by atoms with Gasteiger partial charge in [0.05, 0.1) is 11.8 Å². The number of nitrogens with zero attached hydrogens (tertiary/aromatic N) is 2. The number of sulfone groups is 1. The van der Waals surface area contributed by atoms with Crippen LogP contribution >= 0.6 is 0 Å². The SMILES string of the molecule is CN(Cc1ccccc1)C(=O)/C=C/C(=O)N(Cc1ccccc1)C1C=CS(=O)(=O)C1. The van der Waals surface area contributed by atoms with E-state index in [2.05, 4.69) is 0 Å². The summed E-state index contributed by atoms with van der Waals surface area (Å²) < 4.78 is 23.7. The molecule has 1 atom stereocenters. The van der Waals surface area contributed by atoms with Crippen molar-refractivity contribution < 1.29 is 18.0 Å². The molecule has 0 saturated carbocycles. The molecule has 156 valence electrons. The third-order valence-corrected chi connectivity index (χ3v) is 6.18. The monoisotopic (exact) mass is 424 g/mol. The summed E-state index contributed by atoms with van der Waals surface area (Å²) in [6.07, 6.45) is 3.97. The number of amides is 2. The Hall–Kier alpha value is -3.19. The number of carbonyl (C=O) groups excluding carboxylic acids is 2. The fourth-order valence-electron chi connectivity index (χ4n) is 3.19. The Morgan fingerprint density at radius 3 is 1.97 bits per heavy atom. The van der Waals surface area contributed by atoms with Gasteiger partial charge in [0.1, 0.15) is 0 Å². The Morgan fingerprint density at radius 2 is 1.43 bits per heavy atom. The van der Waals surface area contributed by atoms with Crippen molar-refractivity contribution in [2.24, 2.45) is 0 Å². The molecular weight excluding hydrogens is 400 g/mol. The van der Waals surface area contributed by atoms with E-state index in [9.17, 15) is 18.0 Å². The van der Waals surface area contributed by atoms with E-state index in [4.69, 9.17) is 0 Å². The summed E-state index contributed by atoms with van der Waals surface area (Å²) in [5, 5.41) is 1.14. The molecule has 0 bridgehead atoms. The zero-order chi connectivity index (χ0) is 21.6. The Kier molecular flexibility index (Phi) is 6.84. The highest BCUT2D eigenvalue weighted by atomic mass is 32.2. The number of likely N-dealkylation sites (N-methyl/N-ethyl adjacent to an activating group) is 1. The van der Waals surface area contributed by atoms with Gasteiger partial charge in [0.2, 0.25) is 11.8 Å². The lowest BCUT2D eigenvalue weighted by atomic mass is 10.1. The molecule has 0 radical (unpaired) electrons. The lowest BCUT2D eigenvalue weighted by Crippen LogP contribution is -2.39. The van der Waals surface area contributed by atoms with E-state index >= 15 is 0 Å². The highest BCUT2D eigenvalue weighted by Gasteiger charge is 2.29. The molecule has 2 amide bonds. The fourth-order valence-corrected chi connectivity index (χ4v) is 4.49. The van der Waals surface area contributed by atoms with E-state index < -0.39 is 21.8 Å². The molecular formula is C23H24N2O4S. The van der Waals surface area contributed by atoms with E-state index in [1.54, 1.807) is 7.05 Å². The molecule has 6 nitrogen and oxygen atoms in total. The predicted octanol–water partition coefficient (Wildman–Crippen LogP) is 2.54. The average molecular weight is 425 g/mol. The van der Waals surface area contributed by atoms with Gasteiger partial charge in [0, 0.05) is 37.7 Å². The third kappa shape index (κ3) is 5.90. The van der Waals surface area contributed by atoms with Crippen molar-refractivity contribution >= 4 is 21.7 Å². The molecule has 0 spiro atoms. The van der Waals surface area contributed by atoms with E-state index in [0.717, 1.165) is 16.5 Å². The predicted molar refractivity (Wildman–Crippen MR) is 116 cm³/mol. The summed E-state index contributed by atoms with van der Waals surface area (Å²) in [6, 6.07) is 18.3. The Morgan fingerprint density at radius 1 is 0.900 bits per heavy atom. The molecule has 3 rings (SSSR count). The second-order valence-corrected chi connectivity index (χ2v) is 9.12. The van der Waals surface area contributed by atoms with Crippen LogP contribution in [0.15, 0.2) is 84.3 Å². The second kappa shape index (κ2) is 9.54. The number of carbonyl (C=O) groups is 2. The summed E-state index contributed by atoms with van der Waals surface area (Å²) >= 11 is 0. The number of benzene rings is 2. The van der Waals surface area contributed by atoms with Gasteiger partial charge in [-0.2, -0.15) is 0 Å². The van der Waals surface area contributed by atoms with Gasteiger partial charge in [0.15, 0.2) is 9.84 Å². The van der Waals surface area contributed by atoms with Gasteiger partial charge in [0.25, 0.3) is 0 Å². The highest BCUT2D eigenvalue weighted by Crippen LogP contribution is 2.18. The molecule has 2 aromatic carbocycles. The maximum atomic E-state index is 12.9. The fraction of sp³-hybridized carbons (Fsp3) is 0.217. The number of rotatable bonds is 7. The Labute approximate surface area is 177 Å². The molecule has 2 aromatic rings. The van der Waals surface area contributed by atoms with Crippen LogP contribution in [0.1, 0.15) is 11.1 Å². The normalized spacial score (nSPS) is 17.2. The van der Waals surface area contributed by atoms with Crippen LogP contribution < -0.4 is 0 Å². The first-order chi connectivity index (χ1) is 14.3. The van der Waals surface area contributed by atoms with Gasteiger partial charge in [-0.1, -0.05) is 60.7 Å². The first kappa shape index (κ1) is 21.5. The Bertz CT molecular complexity index is 1050. The van der Waals surface area contributed by atoms with Gasteiger partial charge in [-0.15, -0.1) is 0 Å². The van der Waals surface area contributed by atoms with Crippen molar-refractivity contribution in [2.45, 2.75) is 19.1 Å². The molecule has 0 saturated heterocycles. The average Bonchev–Trinajstić information content (AvgIpc) is 3.10. The minimum atomic E-state index is -3.32. The molecule has 1 unspecified atom stereocenters. The van der Waals surface area contributed by atoms with Gasteiger partial charge in [-0.3, -0.25) is 9.59 Å². The summed E-state index contributed by atoms with van der Waals surface area (Å²) in [6.45, 7) is 0.679. The first-order valence-electron chi connectivity index (χ1n) is 9.57. The van der Waals surface area contributed by atoms with Crippen molar-refractivity contribution in [3.63, 3.8) is 0 Å². The first-order valence-corrected chi connectivity index (χ1v) is 11.3. The maximum Gasteiger partial charge on any atom is 0.247 e. The van der Waals surface area contributed by atoms with Crippen LogP contribution in [0.25, 0.3) is 0 Å². The van der Waals surface area contributed by atoms with Crippen LogP contribution in [-0.2, 0) is 32.5 Å². The quantitative estimate of drug-likeness (QED) is 0.640. The second-order valence-electron chi connectivity index (χ2n) is 7.19. The Balaban J connectivity index is 1.70. The molecule has 1 heterocycles. The lowest BCUT2D eigenvalue weighted by molar-refractivity contribution is -0.129. The smallest absolute Gasteiger partial charge is 0.247 e. The maximum absolute atomic E-state index is 12.9. The number of hydrogen-bond acceptors (Lipinski definition) is 4. The topological polar surface area (TPSA) is 74.8 Å². The van der Waals surface area contributed by atoms with Crippen molar-refractivity contribution in [2.75, 3.05) is 12.8 Å². The summed E-state index contributed by atoms with van der Waals surface area (Å²) in [4.78, 5) is 28.3. The van der Waals surface area contributed by atoms with E-state index in [1.807, 2.05) is 60.7 Å². The molecule has 0 fully saturated rings. The molecule has 1 aliphatic rings. The summed E-state index contributed by atoms with van der Waals surface area (Å²) in [5.41, 5.74) is 1.87. The highest BCUT2D eigenvalue weighted by molar-refractivity contribution is 7.94. The van der Waals surface area contributed by atoms with Gasteiger partial charge in [-0.05, 0) is 17.2 Å². The van der Waals surface area contributed by atoms with Crippen LogP contribution in [0.4, 0.5) is 0 Å². The minimum Gasteiger partial charge on any atom is -0.338 e. The minimum absolute atomic E-state index is 0.152.